The fourth-order valence-electron chi connectivity index (χ4n) is 2.23. The van der Waals surface area contributed by atoms with Crippen LogP contribution in [-0.2, 0) is 12.2 Å². The average molecular weight is 300 g/mol. The van der Waals surface area contributed by atoms with Crippen molar-refractivity contribution in [1.29, 1.82) is 0 Å². The van der Waals surface area contributed by atoms with E-state index < -0.39 is 0 Å². The van der Waals surface area contributed by atoms with Crippen molar-refractivity contribution < 1.29 is 0 Å². The molecule has 0 saturated heterocycles. The first kappa shape index (κ1) is 13.9. The molecule has 0 radical (unpaired) electrons. The SMILES string of the molecule is CCCc1cc(=O)[nH]c2nnc(SCc3ccccc3)n12. The largest absolute Gasteiger partial charge is 0.291 e. The number of nitrogens with one attached hydrogen (secondary N) is 1. The molecule has 21 heavy (non-hydrogen) atoms. The second kappa shape index (κ2) is 6.13. The van der Waals surface area contributed by atoms with Crippen molar-refractivity contribution >= 4 is 17.5 Å². The van der Waals surface area contributed by atoms with E-state index in [1.807, 2.05) is 22.6 Å². The van der Waals surface area contributed by atoms with E-state index in [1.54, 1.807) is 17.8 Å². The molecule has 0 aliphatic rings. The predicted octanol–water partition coefficient (Wildman–Crippen LogP) is 2.66. The lowest BCUT2D eigenvalue weighted by atomic mass is 10.2. The molecule has 0 saturated carbocycles. The zero-order chi connectivity index (χ0) is 14.7. The van der Waals surface area contributed by atoms with E-state index in [0.29, 0.717) is 5.78 Å². The Bertz CT molecular complexity index is 794. The molecule has 0 unspecified atom stereocenters. The van der Waals surface area contributed by atoms with E-state index in [9.17, 15) is 4.79 Å². The summed E-state index contributed by atoms with van der Waals surface area (Å²) in [4.78, 5) is 14.4. The summed E-state index contributed by atoms with van der Waals surface area (Å²) in [6.45, 7) is 2.09. The standard InChI is InChI=1S/C15H16N4OS/c1-2-6-12-9-13(20)16-14-17-18-15(19(12)14)21-10-11-7-4-3-5-8-11/h3-5,7-9H,2,6,10H2,1H3,(H,16,17,20). The molecule has 6 heteroatoms. The number of thioether (sulfide) groups is 1. The Labute approximate surface area is 126 Å². The van der Waals surface area contributed by atoms with Gasteiger partial charge in [-0.2, -0.15) is 0 Å². The Hall–Kier alpha value is -2.08. The summed E-state index contributed by atoms with van der Waals surface area (Å²) in [6, 6.07) is 11.9. The molecule has 5 nitrogen and oxygen atoms in total. The van der Waals surface area contributed by atoms with E-state index in [-0.39, 0.29) is 5.56 Å². The van der Waals surface area contributed by atoms with Crippen molar-refractivity contribution in [2.45, 2.75) is 30.7 Å². The minimum atomic E-state index is -0.127. The van der Waals surface area contributed by atoms with Crippen molar-refractivity contribution in [3.63, 3.8) is 0 Å². The lowest BCUT2D eigenvalue weighted by molar-refractivity contribution is 0.800. The quantitative estimate of drug-likeness (QED) is 0.736. The van der Waals surface area contributed by atoms with E-state index in [1.165, 1.54) is 5.56 Å². The molecule has 2 aromatic heterocycles. The van der Waals surface area contributed by atoms with Crippen LogP contribution >= 0.6 is 11.8 Å². The van der Waals surface area contributed by atoms with Gasteiger partial charge in [-0.15, -0.1) is 10.2 Å². The normalized spacial score (nSPS) is 11.1. The van der Waals surface area contributed by atoms with Crippen LogP contribution in [0, 0.1) is 0 Å². The van der Waals surface area contributed by atoms with Gasteiger partial charge in [0.05, 0.1) is 0 Å². The monoisotopic (exact) mass is 300 g/mol. The zero-order valence-electron chi connectivity index (χ0n) is 11.7. The number of aryl methyl sites for hydroxylation is 1. The van der Waals surface area contributed by atoms with Crippen LogP contribution in [0.1, 0.15) is 24.6 Å². The van der Waals surface area contributed by atoms with E-state index in [0.717, 1.165) is 29.4 Å². The summed E-state index contributed by atoms with van der Waals surface area (Å²) in [5.74, 6) is 1.34. The molecule has 0 amide bonds. The fourth-order valence-corrected chi connectivity index (χ4v) is 3.15. The van der Waals surface area contributed by atoms with Crippen molar-refractivity contribution in [3.8, 4) is 0 Å². The van der Waals surface area contributed by atoms with Gasteiger partial charge in [-0.3, -0.25) is 14.2 Å². The first-order valence-electron chi connectivity index (χ1n) is 6.92. The third kappa shape index (κ3) is 3.00. The molecule has 0 atom stereocenters. The number of aromatic nitrogens is 4. The maximum Gasteiger partial charge on any atom is 0.252 e. The van der Waals surface area contributed by atoms with Crippen molar-refractivity contribution in [2.75, 3.05) is 0 Å². The van der Waals surface area contributed by atoms with Crippen LogP contribution in [-0.4, -0.2) is 19.6 Å². The summed E-state index contributed by atoms with van der Waals surface area (Å²) < 4.78 is 1.94. The van der Waals surface area contributed by atoms with Gasteiger partial charge in [-0.05, 0) is 12.0 Å². The maximum absolute atomic E-state index is 11.6. The van der Waals surface area contributed by atoms with Gasteiger partial charge in [0.25, 0.3) is 5.56 Å². The van der Waals surface area contributed by atoms with Crippen LogP contribution in [0.5, 0.6) is 0 Å². The van der Waals surface area contributed by atoms with Gasteiger partial charge in [0.2, 0.25) is 5.78 Å². The second-order valence-electron chi connectivity index (χ2n) is 4.79. The van der Waals surface area contributed by atoms with Crippen molar-refractivity contribution in [2.24, 2.45) is 0 Å². The third-order valence-electron chi connectivity index (χ3n) is 3.17. The van der Waals surface area contributed by atoms with Crippen LogP contribution in [0.4, 0.5) is 0 Å². The van der Waals surface area contributed by atoms with Gasteiger partial charge < -0.3 is 0 Å². The van der Waals surface area contributed by atoms with Gasteiger partial charge in [-0.1, -0.05) is 55.4 Å². The number of hydrogen-bond acceptors (Lipinski definition) is 4. The van der Waals surface area contributed by atoms with Crippen LogP contribution in [0.25, 0.3) is 5.78 Å². The molecule has 1 N–H and O–H groups in total. The smallest absolute Gasteiger partial charge is 0.252 e. The number of H-pyrrole nitrogens is 1. The van der Waals surface area contributed by atoms with E-state index in [4.69, 9.17) is 0 Å². The van der Waals surface area contributed by atoms with Crippen LogP contribution < -0.4 is 5.56 Å². The van der Waals surface area contributed by atoms with Crippen LogP contribution in [0.15, 0.2) is 46.3 Å². The number of nitrogens with zero attached hydrogens (tertiary/aromatic N) is 3. The summed E-state index contributed by atoms with van der Waals surface area (Å²) >= 11 is 1.62. The number of hydrogen-bond donors (Lipinski definition) is 1. The van der Waals surface area contributed by atoms with E-state index in [2.05, 4.69) is 34.2 Å². The molecular formula is C15H16N4OS. The van der Waals surface area contributed by atoms with Crippen molar-refractivity contribution in [3.05, 3.63) is 58.0 Å². The van der Waals surface area contributed by atoms with E-state index >= 15 is 0 Å². The molecule has 0 bridgehead atoms. The first-order valence-corrected chi connectivity index (χ1v) is 7.90. The molecule has 108 valence electrons. The second-order valence-corrected chi connectivity index (χ2v) is 5.73. The Morgan fingerprint density at radius 3 is 2.81 bits per heavy atom. The molecule has 0 aliphatic heterocycles. The Morgan fingerprint density at radius 1 is 1.24 bits per heavy atom. The lowest BCUT2D eigenvalue weighted by Gasteiger charge is -2.05. The van der Waals surface area contributed by atoms with Crippen LogP contribution in [0.2, 0.25) is 0 Å². The highest BCUT2D eigenvalue weighted by molar-refractivity contribution is 7.98. The number of aromatic amines is 1. The summed E-state index contributed by atoms with van der Waals surface area (Å²) in [7, 11) is 0. The summed E-state index contributed by atoms with van der Waals surface area (Å²) in [5.41, 5.74) is 2.07. The highest BCUT2D eigenvalue weighted by Gasteiger charge is 2.11. The van der Waals surface area contributed by atoms with Gasteiger partial charge in [0.1, 0.15) is 0 Å². The van der Waals surface area contributed by atoms with Gasteiger partial charge in [0.15, 0.2) is 5.16 Å². The molecule has 0 fully saturated rings. The number of rotatable bonds is 5. The molecule has 0 spiro atoms. The molecule has 0 aliphatic carbocycles. The lowest BCUT2D eigenvalue weighted by Crippen LogP contribution is -2.11. The minimum absolute atomic E-state index is 0.127. The van der Waals surface area contributed by atoms with Gasteiger partial charge >= 0.3 is 0 Å². The van der Waals surface area contributed by atoms with Gasteiger partial charge in [-0.25, -0.2) is 0 Å². The van der Waals surface area contributed by atoms with Gasteiger partial charge in [0, 0.05) is 17.5 Å². The highest BCUT2D eigenvalue weighted by atomic mass is 32.2. The topological polar surface area (TPSA) is 63.0 Å². The Kier molecular flexibility index (Phi) is 4.06. The number of benzene rings is 1. The molecular weight excluding hydrogens is 284 g/mol. The third-order valence-corrected chi connectivity index (χ3v) is 4.17. The predicted molar refractivity (Wildman–Crippen MR) is 83.6 cm³/mol. The number of fused-ring (bicyclic) bond motifs is 1. The summed E-state index contributed by atoms with van der Waals surface area (Å²) in [5, 5.41) is 9.08. The highest BCUT2D eigenvalue weighted by Crippen LogP contribution is 2.22. The molecule has 3 rings (SSSR count). The Balaban J connectivity index is 1.93. The first-order chi connectivity index (χ1) is 10.3. The summed E-state index contributed by atoms with van der Waals surface area (Å²) in [6.07, 6.45) is 1.80. The molecule has 2 heterocycles. The van der Waals surface area contributed by atoms with Crippen molar-refractivity contribution in [1.82, 2.24) is 19.6 Å². The zero-order valence-corrected chi connectivity index (χ0v) is 12.6. The molecule has 1 aromatic carbocycles. The minimum Gasteiger partial charge on any atom is -0.291 e. The van der Waals surface area contributed by atoms with Crippen LogP contribution in [0.3, 0.4) is 0 Å². The maximum atomic E-state index is 11.6. The Morgan fingerprint density at radius 2 is 2.05 bits per heavy atom. The molecule has 3 aromatic rings. The average Bonchev–Trinajstić information content (AvgIpc) is 2.89. The fraction of sp³-hybridized carbons (Fsp3) is 0.267.